The SMILES string of the molecule is OC(Nc1cncc(-c2cc3c(-c4nc5c(N6CCCCC6)cncc5[nH]4)n[nH]c3cn2)c1)C1CCC1. The predicted octanol–water partition coefficient (Wildman–Crippen LogP) is 4.48. The van der Waals surface area contributed by atoms with Gasteiger partial charge in [0, 0.05) is 36.2 Å². The molecule has 0 aromatic carbocycles. The lowest BCUT2D eigenvalue weighted by Crippen LogP contribution is -2.33. The van der Waals surface area contributed by atoms with Crippen molar-refractivity contribution in [3.8, 4) is 22.8 Å². The molecule has 1 unspecified atom stereocenters. The minimum absolute atomic E-state index is 0.307. The number of fused-ring (bicyclic) bond motifs is 2. The number of H-pyrrole nitrogens is 2. The molecule has 188 valence electrons. The molecule has 0 spiro atoms. The fraction of sp³-hybridized carbons (Fsp3) is 0.370. The van der Waals surface area contributed by atoms with Gasteiger partial charge in [0.05, 0.1) is 52.9 Å². The Bertz CT molecular complexity index is 1570. The van der Waals surface area contributed by atoms with Gasteiger partial charge in [-0.15, -0.1) is 0 Å². The number of nitrogens with one attached hydrogen (secondary N) is 3. The van der Waals surface area contributed by atoms with Crippen molar-refractivity contribution in [1.82, 2.24) is 35.1 Å². The molecular formula is C27H29N9O. The van der Waals surface area contributed by atoms with Crippen molar-refractivity contribution in [3.05, 3.63) is 43.1 Å². The second kappa shape index (κ2) is 9.11. The molecule has 5 aromatic heterocycles. The number of imidazole rings is 1. The molecule has 0 radical (unpaired) electrons. The van der Waals surface area contributed by atoms with Gasteiger partial charge in [0.25, 0.3) is 0 Å². The molecule has 1 aliphatic heterocycles. The van der Waals surface area contributed by atoms with Crippen LogP contribution in [-0.2, 0) is 0 Å². The Morgan fingerprint density at radius 3 is 2.65 bits per heavy atom. The van der Waals surface area contributed by atoms with E-state index in [0.29, 0.717) is 11.7 Å². The summed E-state index contributed by atoms with van der Waals surface area (Å²) in [5, 5.41) is 22.2. The molecule has 10 heteroatoms. The van der Waals surface area contributed by atoms with Crippen molar-refractivity contribution in [2.45, 2.75) is 44.8 Å². The summed E-state index contributed by atoms with van der Waals surface area (Å²) in [6.07, 6.45) is 15.4. The number of anilines is 2. The number of aromatic amines is 2. The van der Waals surface area contributed by atoms with Gasteiger partial charge in [0.1, 0.15) is 17.4 Å². The molecule has 5 aromatic rings. The highest BCUT2D eigenvalue weighted by atomic mass is 16.3. The maximum Gasteiger partial charge on any atom is 0.159 e. The Morgan fingerprint density at radius 2 is 1.81 bits per heavy atom. The van der Waals surface area contributed by atoms with Crippen LogP contribution >= 0.6 is 0 Å². The summed E-state index contributed by atoms with van der Waals surface area (Å²) in [5.74, 6) is 1.00. The van der Waals surface area contributed by atoms with E-state index in [9.17, 15) is 5.11 Å². The number of pyridine rings is 3. The number of aliphatic hydroxyl groups excluding tert-OH is 1. The van der Waals surface area contributed by atoms with E-state index in [-0.39, 0.29) is 0 Å². The van der Waals surface area contributed by atoms with Crippen molar-refractivity contribution in [2.75, 3.05) is 23.3 Å². The van der Waals surface area contributed by atoms with Crippen LogP contribution in [-0.4, -0.2) is 59.5 Å². The van der Waals surface area contributed by atoms with Crippen molar-refractivity contribution in [1.29, 1.82) is 0 Å². The lowest BCUT2D eigenvalue weighted by atomic mass is 9.84. The van der Waals surface area contributed by atoms with Crippen molar-refractivity contribution >= 4 is 33.3 Å². The molecule has 10 nitrogen and oxygen atoms in total. The Morgan fingerprint density at radius 1 is 0.946 bits per heavy atom. The molecule has 0 bridgehead atoms. The van der Waals surface area contributed by atoms with E-state index in [2.05, 4.69) is 40.3 Å². The highest BCUT2D eigenvalue weighted by Crippen LogP contribution is 2.33. The van der Waals surface area contributed by atoms with Gasteiger partial charge in [-0.25, -0.2) is 4.98 Å². The minimum atomic E-state index is -0.556. The lowest BCUT2D eigenvalue weighted by molar-refractivity contribution is 0.0851. The average Bonchev–Trinajstić information content (AvgIpc) is 3.52. The van der Waals surface area contributed by atoms with Crippen LogP contribution in [0.15, 0.2) is 43.1 Å². The first-order chi connectivity index (χ1) is 18.2. The van der Waals surface area contributed by atoms with Crippen molar-refractivity contribution < 1.29 is 5.11 Å². The highest BCUT2D eigenvalue weighted by Gasteiger charge is 2.25. The van der Waals surface area contributed by atoms with Crippen LogP contribution in [0.4, 0.5) is 11.4 Å². The van der Waals surface area contributed by atoms with E-state index in [1.165, 1.54) is 25.7 Å². The zero-order chi connectivity index (χ0) is 24.8. The molecule has 0 amide bonds. The van der Waals surface area contributed by atoms with E-state index in [1.807, 2.05) is 24.5 Å². The van der Waals surface area contributed by atoms with Crippen LogP contribution in [0.3, 0.4) is 0 Å². The Labute approximate surface area is 213 Å². The summed E-state index contributed by atoms with van der Waals surface area (Å²) in [6, 6.07) is 3.98. The maximum absolute atomic E-state index is 10.4. The van der Waals surface area contributed by atoms with Gasteiger partial charge in [-0.1, -0.05) is 6.42 Å². The van der Waals surface area contributed by atoms with Gasteiger partial charge in [0.2, 0.25) is 0 Å². The van der Waals surface area contributed by atoms with E-state index in [0.717, 1.165) is 76.2 Å². The normalized spacial score (nSPS) is 17.3. The molecule has 7 rings (SSSR count). The van der Waals surface area contributed by atoms with Crippen LogP contribution in [0.1, 0.15) is 38.5 Å². The van der Waals surface area contributed by atoms with Gasteiger partial charge in [-0.2, -0.15) is 5.10 Å². The molecular weight excluding hydrogens is 466 g/mol. The molecule has 1 atom stereocenters. The second-order valence-corrected chi connectivity index (χ2v) is 10.1. The molecule has 2 fully saturated rings. The third kappa shape index (κ3) is 4.07. The number of nitrogens with zero attached hydrogens (tertiary/aromatic N) is 6. The topological polar surface area (TPSA) is 132 Å². The highest BCUT2D eigenvalue weighted by molar-refractivity contribution is 5.96. The first-order valence-electron chi connectivity index (χ1n) is 13.1. The molecule has 1 saturated carbocycles. The van der Waals surface area contributed by atoms with E-state index < -0.39 is 6.23 Å². The quantitative estimate of drug-likeness (QED) is 0.254. The van der Waals surface area contributed by atoms with Crippen molar-refractivity contribution in [3.63, 3.8) is 0 Å². The number of hydrogen-bond donors (Lipinski definition) is 4. The van der Waals surface area contributed by atoms with Gasteiger partial charge >= 0.3 is 0 Å². The van der Waals surface area contributed by atoms with Crippen LogP contribution < -0.4 is 10.2 Å². The van der Waals surface area contributed by atoms with Crippen molar-refractivity contribution in [2.24, 2.45) is 5.92 Å². The van der Waals surface area contributed by atoms with Crippen LogP contribution in [0.5, 0.6) is 0 Å². The molecule has 6 heterocycles. The summed E-state index contributed by atoms with van der Waals surface area (Å²) in [7, 11) is 0. The zero-order valence-electron chi connectivity index (χ0n) is 20.5. The Balaban J connectivity index is 1.23. The summed E-state index contributed by atoms with van der Waals surface area (Å²) < 4.78 is 0. The number of piperidine rings is 1. The molecule has 1 saturated heterocycles. The second-order valence-electron chi connectivity index (χ2n) is 10.1. The molecule has 4 N–H and O–H groups in total. The largest absolute Gasteiger partial charge is 0.374 e. The third-order valence-corrected chi connectivity index (χ3v) is 7.69. The third-order valence-electron chi connectivity index (χ3n) is 7.69. The number of rotatable bonds is 6. The van der Waals surface area contributed by atoms with E-state index in [1.54, 1.807) is 18.6 Å². The average molecular weight is 496 g/mol. The number of aliphatic hydroxyl groups is 1. The fourth-order valence-corrected chi connectivity index (χ4v) is 5.36. The summed E-state index contributed by atoms with van der Waals surface area (Å²) in [4.78, 5) is 24.3. The summed E-state index contributed by atoms with van der Waals surface area (Å²) in [5.41, 5.74) is 6.88. The molecule has 2 aliphatic rings. The zero-order valence-corrected chi connectivity index (χ0v) is 20.5. The fourth-order valence-electron chi connectivity index (χ4n) is 5.36. The van der Waals surface area contributed by atoms with E-state index >= 15 is 0 Å². The minimum Gasteiger partial charge on any atom is -0.374 e. The lowest BCUT2D eigenvalue weighted by Gasteiger charge is -2.31. The smallest absolute Gasteiger partial charge is 0.159 e. The van der Waals surface area contributed by atoms with Gasteiger partial charge in [0.15, 0.2) is 5.82 Å². The van der Waals surface area contributed by atoms with Gasteiger partial charge in [-0.05, 0) is 44.2 Å². The van der Waals surface area contributed by atoms with Crippen LogP contribution in [0.25, 0.3) is 44.7 Å². The Hall–Kier alpha value is -4.05. The monoisotopic (exact) mass is 495 g/mol. The first kappa shape index (κ1) is 22.2. The summed E-state index contributed by atoms with van der Waals surface area (Å²) >= 11 is 0. The van der Waals surface area contributed by atoms with E-state index in [4.69, 9.17) is 4.98 Å². The first-order valence-corrected chi connectivity index (χ1v) is 13.1. The van der Waals surface area contributed by atoms with Crippen LogP contribution in [0.2, 0.25) is 0 Å². The van der Waals surface area contributed by atoms with Gasteiger partial charge < -0.3 is 20.3 Å². The molecule has 1 aliphatic carbocycles. The number of aromatic nitrogens is 7. The van der Waals surface area contributed by atoms with Crippen LogP contribution in [0, 0.1) is 5.92 Å². The Kier molecular flexibility index (Phi) is 5.46. The molecule has 37 heavy (non-hydrogen) atoms. The summed E-state index contributed by atoms with van der Waals surface area (Å²) in [6.45, 7) is 2.06. The predicted molar refractivity (Wildman–Crippen MR) is 143 cm³/mol. The standard InChI is InChI=1S/C27H29N9O/c37-27(16-5-4-6-16)31-18-9-17(11-28-12-18)20-10-19-21(14-30-20)34-35-24(19)26-32-22-13-29-15-23(25(22)33-26)36-7-2-1-3-8-36/h9-16,27,31,37H,1-8H2,(H,32,33)(H,34,35). The van der Waals surface area contributed by atoms with Gasteiger partial charge in [-0.3, -0.25) is 20.1 Å². The number of hydrogen-bond acceptors (Lipinski definition) is 8. The maximum atomic E-state index is 10.4.